The van der Waals surface area contributed by atoms with Gasteiger partial charge in [0.05, 0.1) is 6.54 Å². The van der Waals surface area contributed by atoms with Crippen molar-refractivity contribution in [2.45, 2.75) is 46.3 Å². The summed E-state index contributed by atoms with van der Waals surface area (Å²) in [6, 6.07) is 9.68. The molecule has 6 nitrogen and oxygen atoms in total. The number of nitrogens with zero attached hydrogens (tertiary/aromatic N) is 1. The number of hydrogen-bond donors (Lipinski definition) is 3. The van der Waals surface area contributed by atoms with E-state index in [1.807, 2.05) is 65.0 Å². The van der Waals surface area contributed by atoms with Crippen molar-refractivity contribution in [1.29, 1.82) is 0 Å². The van der Waals surface area contributed by atoms with Crippen LogP contribution in [0.2, 0.25) is 0 Å². The molecule has 0 bridgehead atoms. The van der Waals surface area contributed by atoms with E-state index >= 15 is 0 Å². The van der Waals surface area contributed by atoms with Gasteiger partial charge in [-0.1, -0.05) is 18.2 Å². The third-order valence-corrected chi connectivity index (χ3v) is 2.88. The van der Waals surface area contributed by atoms with Gasteiger partial charge in [-0.05, 0) is 46.8 Å². The molecule has 0 radical (unpaired) electrons. The van der Waals surface area contributed by atoms with E-state index in [1.165, 1.54) is 0 Å². The second-order valence-corrected chi connectivity index (χ2v) is 6.62. The number of benzene rings is 1. The minimum absolute atomic E-state index is 0.0281. The summed E-state index contributed by atoms with van der Waals surface area (Å²) in [4.78, 5) is 16.2. The van der Waals surface area contributed by atoms with Crippen LogP contribution in [0.4, 0.5) is 0 Å². The van der Waals surface area contributed by atoms with Crippen LogP contribution in [-0.2, 0) is 4.79 Å². The Morgan fingerprint density at radius 1 is 1.21 bits per heavy atom. The molecule has 1 amide bonds. The van der Waals surface area contributed by atoms with Crippen molar-refractivity contribution in [2.75, 3.05) is 19.6 Å². The number of rotatable bonds is 7. The topological polar surface area (TPSA) is 74.8 Å². The lowest BCUT2D eigenvalue weighted by molar-refractivity contribution is -0.121. The number of para-hydroxylation sites is 1. The smallest absolute Gasteiger partial charge is 0.242 e. The van der Waals surface area contributed by atoms with Gasteiger partial charge in [0.2, 0.25) is 5.91 Å². The first-order chi connectivity index (χ1) is 11.3. The van der Waals surface area contributed by atoms with Gasteiger partial charge in [-0.25, -0.2) is 4.99 Å². The highest BCUT2D eigenvalue weighted by atomic mass is 16.5. The fraction of sp³-hybridized carbons (Fsp3) is 0.556. The Morgan fingerprint density at radius 2 is 1.88 bits per heavy atom. The van der Waals surface area contributed by atoms with Crippen molar-refractivity contribution in [3.05, 3.63) is 30.3 Å². The summed E-state index contributed by atoms with van der Waals surface area (Å²) in [7, 11) is 0. The van der Waals surface area contributed by atoms with Crippen LogP contribution in [0.3, 0.4) is 0 Å². The van der Waals surface area contributed by atoms with Gasteiger partial charge < -0.3 is 20.7 Å². The molecule has 134 valence electrons. The highest BCUT2D eigenvalue weighted by Gasteiger charge is 2.13. The lowest BCUT2D eigenvalue weighted by Crippen LogP contribution is -2.44. The molecule has 1 aromatic carbocycles. The van der Waals surface area contributed by atoms with E-state index < -0.39 is 0 Å². The molecule has 1 atom stereocenters. The van der Waals surface area contributed by atoms with Crippen molar-refractivity contribution < 1.29 is 9.53 Å². The first kappa shape index (κ1) is 19.8. The number of carbonyl (C=O) groups is 1. The standard InChI is InChI=1S/C18H30N4O2/c1-6-19-17(21-13-16(23)22-18(3,4)5)20-12-14(2)24-15-10-8-7-9-11-15/h7-11,14H,6,12-13H2,1-5H3,(H,22,23)(H2,19,20,21). The lowest BCUT2D eigenvalue weighted by atomic mass is 10.1. The first-order valence-electron chi connectivity index (χ1n) is 8.35. The predicted octanol–water partition coefficient (Wildman–Crippen LogP) is 1.92. The van der Waals surface area contributed by atoms with Gasteiger partial charge in [-0.15, -0.1) is 0 Å². The normalized spacial score (nSPS) is 13.1. The molecular weight excluding hydrogens is 304 g/mol. The summed E-state index contributed by atoms with van der Waals surface area (Å²) in [6.45, 7) is 11.2. The van der Waals surface area contributed by atoms with Crippen molar-refractivity contribution >= 4 is 11.9 Å². The van der Waals surface area contributed by atoms with Crippen LogP contribution < -0.4 is 20.7 Å². The first-order valence-corrected chi connectivity index (χ1v) is 8.35. The number of ether oxygens (including phenoxy) is 1. The molecule has 0 aromatic heterocycles. The average molecular weight is 334 g/mol. The summed E-state index contributed by atoms with van der Waals surface area (Å²) in [6.07, 6.45) is -0.0281. The Morgan fingerprint density at radius 3 is 2.46 bits per heavy atom. The molecule has 1 rings (SSSR count). The van der Waals surface area contributed by atoms with Crippen molar-refractivity contribution in [3.63, 3.8) is 0 Å². The van der Waals surface area contributed by atoms with Crippen LogP contribution in [0.5, 0.6) is 5.75 Å². The molecule has 1 aromatic rings. The zero-order chi connectivity index (χ0) is 18.0. The minimum Gasteiger partial charge on any atom is -0.489 e. The van der Waals surface area contributed by atoms with Crippen LogP contribution in [0.1, 0.15) is 34.6 Å². The van der Waals surface area contributed by atoms with E-state index in [0.29, 0.717) is 12.5 Å². The largest absolute Gasteiger partial charge is 0.489 e. The van der Waals surface area contributed by atoms with Crippen molar-refractivity contribution in [2.24, 2.45) is 4.99 Å². The average Bonchev–Trinajstić information content (AvgIpc) is 2.49. The second kappa shape index (κ2) is 9.80. The molecule has 0 spiro atoms. The zero-order valence-corrected chi connectivity index (χ0v) is 15.3. The fourth-order valence-electron chi connectivity index (χ4n) is 1.96. The van der Waals surface area contributed by atoms with E-state index in [0.717, 1.165) is 12.3 Å². The van der Waals surface area contributed by atoms with Crippen LogP contribution in [0.15, 0.2) is 35.3 Å². The maximum absolute atomic E-state index is 11.8. The highest BCUT2D eigenvalue weighted by Crippen LogP contribution is 2.10. The van der Waals surface area contributed by atoms with Gasteiger partial charge >= 0.3 is 0 Å². The van der Waals surface area contributed by atoms with Gasteiger partial charge in [-0.2, -0.15) is 0 Å². The van der Waals surface area contributed by atoms with E-state index in [-0.39, 0.29) is 24.1 Å². The van der Waals surface area contributed by atoms with Crippen LogP contribution in [0, 0.1) is 0 Å². The Bertz CT molecular complexity index is 524. The van der Waals surface area contributed by atoms with Gasteiger partial charge in [0.25, 0.3) is 0 Å². The molecule has 6 heteroatoms. The molecule has 0 saturated heterocycles. The Hall–Kier alpha value is -2.24. The Labute approximate surface area is 145 Å². The second-order valence-electron chi connectivity index (χ2n) is 6.62. The van der Waals surface area contributed by atoms with Crippen LogP contribution in [-0.4, -0.2) is 43.1 Å². The number of nitrogens with one attached hydrogen (secondary N) is 3. The maximum Gasteiger partial charge on any atom is 0.242 e. The van der Waals surface area contributed by atoms with Crippen LogP contribution in [0.25, 0.3) is 0 Å². The summed E-state index contributed by atoms with van der Waals surface area (Å²) < 4.78 is 5.81. The molecule has 0 saturated carbocycles. The van der Waals surface area contributed by atoms with Gasteiger partial charge in [0.1, 0.15) is 18.4 Å². The number of guanidine groups is 1. The zero-order valence-electron chi connectivity index (χ0n) is 15.3. The number of hydrogen-bond acceptors (Lipinski definition) is 3. The minimum atomic E-state index is -0.254. The third-order valence-electron chi connectivity index (χ3n) is 2.88. The van der Waals surface area contributed by atoms with Crippen LogP contribution >= 0.6 is 0 Å². The molecule has 0 aliphatic rings. The fourth-order valence-corrected chi connectivity index (χ4v) is 1.96. The summed E-state index contributed by atoms with van der Waals surface area (Å²) in [5.74, 6) is 1.33. The monoisotopic (exact) mass is 334 g/mol. The molecule has 1 unspecified atom stereocenters. The summed E-state index contributed by atoms with van der Waals surface area (Å²) in [5.41, 5.74) is -0.254. The molecule has 3 N–H and O–H groups in total. The Kier molecular flexibility index (Phi) is 8.09. The van der Waals surface area contributed by atoms with Gasteiger partial charge in [0.15, 0.2) is 5.96 Å². The highest BCUT2D eigenvalue weighted by molar-refractivity contribution is 5.85. The van der Waals surface area contributed by atoms with E-state index in [2.05, 4.69) is 20.9 Å². The quantitative estimate of drug-likeness (QED) is 0.526. The molecular formula is C18H30N4O2. The molecule has 0 fully saturated rings. The number of carbonyl (C=O) groups excluding carboxylic acids is 1. The maximum atomic E-state index is 11.8. The van der Waals surface area contributed by atoms with E-state index in [4.69, 9.17) is 4.74 Å². The number of amides is 1. The van der Waals surface area contributed by atoms with Gasteiger partial charge in [-0.3, -0.25) is 4.79 Å². The summed E-state index contributed by atoms with van der Waals surface area (Å²) in [5, 5.41) is 9.20. The lowest BCUT2D eigenvalue weighted by Gasteiger charge is -2.20. The van der Waals surface area contributed by atoms with Gasteiger partial charge in [0, 0.05) is 12.1 Å². The number of aliphatic imine (C=N–C) groups is 1. The molecule has 0 aliphatic heterocycles. The third kappa shape index (κ3) is 9.02. The summed E-state index contributed by atoms with van der Waals surface area (Å²) >= 11 is 0. The Balaban J connectivity index is 2.47. The van der Waals surface area contributed by atoms with E-state index in [9.17, 15) is 4.79 Å². The molecule has 0 heterocycles. The van der Waals surface area contributed by atoms with Crippen molar-refractivity contribution in [3.8, 4) is 5.75 Å². The van der Waals surface area contributed by atoms with Crippen molar-refractivity contribution in [1.82, 2.24) is 16.0 Å². The van der Waals surface area contributed by atoms with E-state index in [1.54, 1.807) is 0 Å². The SMILES string of the molecule is CCNC(=NCC(=O)NC(C)(C)C)NCC(C)Oc1ccccc1. The predicted molar refractivity (Wildman–Crippen MR) is 98.4 cm³/mol. The molecule has 0 aliphatic carbocycles. The molecule has 24 heavy (non-hydrogen) atoms.